The Kier molecular flexibility index (Phi) is 6.25. The van der Waals surface area contributed by atoms with Crippen molar-refractivity contribution in [1.82, 2.24) is 4.90 Å². The first-order valence-electron chi connectivity index (χ1n) is 10.1. The normalized spacial score (nSPS) is 13.6. The van der Waals surface area contributed by atoms with Crippen molar-refractivity contribution in [2.24, 2.45) is 4.36 Å². The largest absolute Gasteiger partial charge is 0.482 e. The van der Waals surface area contributed by atoms with Gasteiger partial charge in [-0.2, -0.15) is 4.36 Å². The summed E-state index contributed by atoms with van der Waals surface area (Å²) in [7, 11) is -2.51. The van der Waals surface area contributed by atoms with E-state index >= 15 is 0 Å². The zero-order chi connectivity index (χ0) is 22.7. The second-order valence-corrected chi connectivity index (χ2v) is 10.6. The number of hydrogen-bond acceptors (Lipinski definition) is 6. The molecule has 8 heteroatoms. The van der Waals surface area contributed by atoms with Gasteiger partial charge in [0.05, 0.1) is 6.54 Å². The molecule has 4 rings (SSSR count). The molecule has 1 aliphatic rings. The first-order chi connectivity index (χ1) is 15.3. The lowest BCUT2D eigenvalue weighted by Gasteiger charge is -2.14. The van der Waals surface area contributed by atoms with Gasteiger partial charge in [0, 0.05) is 47.0 Å². The summed E-state index contributed by atoms with van der Waals surface area (Å²) >= 11 is 0. The number of benzene rings is 2. The molecule has 2 aromatic carbocycles. The Balaban J connectivity index is 1.35. The Morgan fingerprint density at radius 1 is 1.09 bits per heavy atom. The Morgan fingerprint density at radius 3 is 2.34 bits per heavy atom. The van der Waals surface area contributed by atoms with Crippen LogP contribution in [0.3, 0.4) is 0 Å². The van der Waals surface area contributed by atoms with Crippen molar-refractivity contribution >= 4 is 15.6 Å². The van der Waals surface area contributed by atoms with E-state index in [1.165, 1.54) is 36.0 Å². The maximum Gasteiger partial charge on any atom is 0.285 e. The van der Waals surface area contributed by atoms with Crippen molar-refractivity contribution in [3.05, 3.63) is 99.1 Å². The molecule has 7 nitrogen and oxygen atoms in total. The standard InChI is InChI=1S/C24H24N2O5S/c1-32(2,29)25-24(28)18-9-7-17(8-10-18)15-31-23-16-30-21(11-22(23)27)14-26-12-19-5-3-4-6-20(19)13-26/h3-11,16H,12-15H2,1-2H3. The number of carbonyl (C=O) groups is 1. The first-order valence-corrected chi connectivity index (χ1v) is 12.4. The lowest BCUT2D eigenvalue weighted by atomic mass is 10.1. The number of carbonyl (C=O) groups excluding carboxylic acids is 1. The van der Waals surface area contributed by atoms with Crippen LogP contribution in [0.1, 0.15) is 32.8 Å². The van der Waals surface area contributed by atoms with Crippen LogP contribution >= 0.6 is 0 Å². The highest BCUT2D eigenvalue weighted by Gasteiger charge is 2.19. The average molecular weight is 453 g/mol. The molecule has 0 saturated carbocycles. The molecule has 0 fully saturated rings. The second-order valence-electron chi connectivity index (χ2n) is 8.05. The molecule has 0 saturated heterocycles. The predicted molar refractivity (Wildman–Crippen MR) is 122 cm³/mol. The van der Waals surface area contributed by atoms with Gasteiger partial charge in [-0.25, -0.2) is 4.21 Å². The van der Waals surface area contributed by atoms with Gasteiger partial charge < -0.3 is 9.15 Å². The van der Waals surface area contributed by atoms with Crippen LogP contribution in [0.15, 0.2) is 74.4 Å². The summed E-state index contributed by atoms with van der Waals surface area (Å²) in [5.41, 5.74) is 3.48. The van der Waals surface area contributed by atoms with Crippen LogP contribution in [0.25, 0.3) is 0 Å². The minimum Gasteiger partial charge on any atom is -0.482 e. The van der Waals surface area contributed by atoms with E-state index in [2.05, 4.69) is 21.4 Å². The maximum absolute atomic E-state index is 12.4. The molecule has 0 spiro atoms. The number of fused-ring (bicyclic) bond motifs is 1. The van der Waals surface area contributed by atoms with Crippen LogP contribution in [-0.2, 0) is 36.0 Å². The number of ether oxygens (including phenoxy) is 1. The van der Waals surface area contributed by atoms with Crippen LogP contribution in [0.2, 0.25) is 0 Å². The fourth-order valence-electron chi connectivity index (χ4n) is 3.52. The van der Waals surface area contributed by atoms with Crippen molar-refractivity contribution in [2.45, 2.75) is 26.2 Å². The van der Waals surface area contributed by atoms with Gasteiger partial charge in [-0.1, -0.05) is 36.4 Å². The Hall–Kier alpha value is -3.23. The fraction of sp³-hybridized carbons (Fsp3) is 0.250. The van der Waals surface area contributed by atoms with Crippen LogP contribution < -0.4 is 10.2 Å². The minimum atomic E-state index is -2.51. The van der Waals surface area contributed by atoms with Crippen LogP contribution in [-0.4, -0.2) is 27.5 Å². The number of amides is 1. The van der Waals surface area contributed by atoms with Crippen molar-refractivity contribution in [2.75, 3.05) is 12.5 Å². The lowest BCUT2D eigenvalue weighted by Crippen LogP contribution is -2.17. The van der Waals surface area contributed by atoms with Crippen molar-refractivity contribution in [3.8, 4) is 5.75 Å². The third-order valence-corrected chi connectivity index (χ3v) is 5.64. The van der Waals surface area contributed by atoms with E-state index < -0.39 is 15.6 Å². The van der Waals surface area contributed by atoms with E-state index in [9.17, 15) is 13.8 Å². The summed E-state index contributed by atoms with van der Waals surface area (Å²) in [4.78, 5) is 26.6. The molecule has 0 N–H and O–H groups in total. The predicted octanol–water partition coefficient (Wildman–Crippen LogP) is 3.60. The summed E-state index contributed by atoms with van der Waals surface area (Å²) in [6.07, 6.45) is 4.17. The maximum atomic E-state index is 12.4. The van der Waals surface area contributed by atoms with Gasteiger partial charge in [0.1, 0.15) is 18.6 Å². The van der Waals surface area contributed by atoms with Gasteiger partial charge in [-0.05, 0) is 28.8 Å². The summed E-state index contributed by atoms with van der Waals surface area (Å²) in [6, 6.07) is 16.4. The molecular formula is C24H24N2O5S. The molecule has 166 valence electrons. The fourth-order valence-corrected chi connectivity index (χ4v) is 4.02. The topological polar surface area (TPSA) is 89.2 Å². The molecule has 0 atom stereocenters. The van der Waals surface area contributed by atoms with Gasteiger partial charge >= 0.3 is 0 Å². The SMILES string of the molecule is CS(C)(=O)=NC(=O)c1ccc(COc2coc(CN3Cc4ccccc4C3)cc2=O)cc1. The average Bonchev–Trinajstić information content (AvgIpc) is 3.14. The van der Waals surface area contributed by atoms with E-state index in [4.69, 9.17) is 9.15 Å². The van der Waals surface area contributed by atoms with Gasteiger partial charge in [0.25, 0.3) is 5.91 Å². The molecule has 1 aromatic heterocycles. The molecule has 0 radical (unpaired) electrons. The summed E-state index contributed by atoms with van der Waals surface area (Å²) < 4.78 is 26.6. The summed E-state index contributed by atoms with van der Waals surface area (Å²) in [5.74, 6) is 0.195. The van der Waals surface area contributed by atoms with Crippen LogP contribution in [0.5, 0.6) is 5.75 Å². The molecule has 0 unspecified atom stereocenters. The highest BCUT2D eigenvalue weighted by molar-refractivity contribution is 7.92. The molecule has 1 aliphatic heterocycles. The van der Waals surface area contributed by atoms with Gasteiger partial charge in [0.2, 0.25) is 11.2 Å². The Morgan fingerprint density at radius 2 is 1.75 bits per heavy atom. The number of hydrogen-bond donors (Lipinski definition) is 0. The van der Waals surface area contributed by atoms with Crippen molar-refractivity contribution in [1.29, 1.82) is 0 Å². The highest BCUT2D eigenvalue weighted by Crippen LogP contribution is 2.24. The molecule has 32 heavy (non-hydrogen) atoms. The molecule has 3 aromatic rings. The molecule has 1 amide bonds. The summed E-state index contributed by atoms with van der Waals surface area (Å²) in [5, 5.41) is 0. The van der Waals surface area contributed by atoms with Gasteiger partial charge in [-0.15, -0.1) is 0 Å². The molecule has 2 heterocycles. The minimum absolute atomic E-state index is 0.130. The van der Waals surface area contributed by atoms with Gasteiger partial charge in [0.15, 0.2) is 0 Å². The zero-order valence-corrected chi connectivity index (χ0v) is 18.8. The highest BCUT2D eigenvalue weighted by atomic mass is 32.2. The smallest absolute Gasteiger partial charge is 0.285 e. The van der Waals surface area contributed by atoms with Crippen LogP contribution in [0, 0.1) is 0 Å². The Labute approximate surface area is 186 Å². The third-order valence-electron chi connectivity index (χ3n) is 5.04. The molecular weight excluding hydrogens is 428 g/mol. The van der Waals surface area contributed by atoms with E-state index in [-0.39, 0.29) is 17.8 Å². The molecule has 0 bridgehead atoms. The van der Waals surface area contributed by atoms with E-state index in [1.807, 2.05) is 12.1 Å². The number of rotatable bonds is 6. The van der Waals surface area contributed by atoms with Gasteiger partial charge in [-0.3, -0.25) is 14.5 Å². The van der Waals surface area contributed by atoms with E-state index in [1.54, 1.807) is 24.3 Å². The molecule has 0 aliphatic carbocycles. The lowest BCUT2D eigenvalue weighted by molar-refractivity contribution is 0.100. The van der Waals surface area contributed by atoms with Crippen molar-refractivity contribution < 1.29 is 18.2 Å². The number of nitrogens with zero attached hydrogens (tertiary/aromatic N) is 2. The quantitative estimate of drug-likeness (QED) is 0.568. The second kappa shape index (κ2) is 9.10. The zero-order valence-electron chi connectivity index (χ0n) is 17.9. The van der Waals surface area contributed by atoms with Crippen LogP contribution in [0.4, 0.5) is 0 Å². The summed E-state index contributed by atoms with van der Waals surface area (Å²) in [6.45, 7) is 2.36. The van der Waals surface area contributed by atoms with E-state index in [0.717, 1.165) is 18.7 Å². The third kappa shape index (κ3) is 5.52. The Bertz CT molecular complexity index is 1290. The van der Waals surface area contributed by atoms with E-state index in [0.29, 0.717) is 17.9 Å². The van der Waals surface area contributed by atoms with Crippen molar-refractivity contribution in [3.63, 3.8) is 0 Å². The monoisotopic (exact) mass is 452 g/mol. The first kappa shape index (κ1) is 22.0.